The van der Waals surface area contributed by atoms with E-state index < -0.39 is 5.97 Å². The standard InChI is InChI=1S/C35H42N4O4S/c1-22-3-10-31(29(15-22)30-21-44-35(36-30)39-18-26-8-9-27(19-39)32(26)34(41)42)43-20-28-5-4-24(16-23(28)2)17-37-11-13-38(14-12-37)33(40)25-6-7-25/h3-5,10,15-16,21,25-27,32H,6-9,11-14,17-20H2,1-2H3,(H,41,42)/t26-,27+,32?. The third-order valence-corrected chi connectivity index (χ3v) is 11.0. The molecule has 2 saturated carbocycles. The monoisotopic (exact) mass is 614 g/mol. The molecule has 2 aromatic carbocycles. The van der Waals surface area contributed by atoms with Crippen molar-refractivity contribution in [1.29, 1.82) is 0 Å². The van der Waals surface area contributed by atoms with E-state index in [1.807, 2.05) is 6.07 Å². The highest BCUT2D eigenvalue weighted by atomic mass is 32.1. The van der Waals surface area contributed by atoms with E-state index in [0.29, 0.717) is 18.4 Å². The van der Waals surface area contributed by atoms with E-state index in [9.17, 15) is 14.7 Å². The zero-order valence-electron chi connectivity index (χ0n) is 25.7. The van der Waals surface area contributed by atoms with E-state index in [-0.39, 0.29) is 17.8 Å². The predicted molar refractivity (Wildman–Crippen MR) is 172 cm³/mol. The molecule has 4 aliphatic rings. The molecule has 2 bridgehead atoms. The highest BCUT2D eigenvalue weighted by molar-refractivity contribution is 7.14. The number of piperazine rings is 1. The zero-order chi connectivity index (χ0) is 30.4. The number of aliphatic carboxylic acids is 1. The van der Waals surface area contributed by atoms with E-state index in [1.54, 1.807) is 11.3 Å². The number of carbonyl (C=O) groups excluding carboxylic acids is 1. The van der Waals surface area contributed by atoms with Crippen molar-refractivity contribution in [2.24, 2.45) is 23.7 Å². The Morgan fingerprint density at radius 1 is 0.977 bits per heavy atom. The third-order valence-electron chi connectivity index (χ3n) is 10.1. The number of aromatic nitrogens is 1. The second-order valence-electron chi connectivity index (χ2n) is 13.3. The smallest absolute Gasteiger partial charge is 0.307 e. The number of anilines is 1. The van der Waals surface area contributed by atoms with Gasteiger partial charge in [0, 0.05) is 62.7 Å². The van der Waals surface area contributed by atoms with Gasteiger partial charge in [0.2, 0.25) is 5.91 Å². The number of aryl methyl sites for hydroxylation is 2. The van der Waals surface area contributed by atoms with Gasteiger partial charge in [0.05, 0.1) is 11.6 Å². The van der Waals surface area contributed by atoms with Crippen LogP contribution in [0, 0.1) is 37.5 Å². The Hall–Kier alpha value is -3.43. The quantitative estimate of drug-likeness (QED) is 0.336. The lowest BCUT2D eigenvalue weighted by molar-refractivity contribution is -0.144. The van der Waals surface area contributed by atoms with Gasteiger partial charge in [0.1, 0.15) is 12.4 Å². The molecule has 8 nitrogen and oxygen atoms in total. The SMILES string of the molecule is Cc1ccc(OCc2ccc(CN3CCN(C(=O)C4CC4)CC3)cc2C)c(-c2csc(N3C[C@H]4CC[C@@H](C3)C4C(=O)O)n2)c1. The molecular weight excluding hydrogens is 572 g/mol. The van der Waals surface area contributed by atoms with Gasteiger partial charge in [0.15, 0.2) is 5.13 Å². The number of carboxylic acids is 1. The van der Waals surface area contributed by atoms with Gasteiger partial charge in [-0.25, -0.2) is 4.98 Å². The molecule has 2 aliphatic heterocycles. The number of carboxylic acid groups (broad SMARTS) is 1. The fraction of sp³-hybridized carbons (Fsp3) is 0.514. The molecule has 3 atom stereocenters. The molecule has 232 valence electrons. The van der Waals surface area contributed by atoms with Crippen molar-refractivity contribution in [3.05, 3.63) is 64.0 Å². The second-order valence-corrected chi connectivity index (χ2v) is 14.1. The fourth-order valence-corrected chi connectivity index (χ4v) is 8.28. The highest BCUT2D eigenvalue weighted by Gasteiger charge is 2.46. The topological polar surface area (TPSA) is 86.2 Å². The van der Waals surface area contributed by atoms with Crippen LogP contribution in [0.1, 0.15) is 47.9 Å². The molecule has 2 aliphatic carbocycles. The highest BCUT2D eigenvalue weighted by Crippen LogP contribution is 2.44. The molecule has 0 radical (unpaired) electrons. The Morgan fingerprint density at radius 2 is 1.73 bits per heavy atom. The van der Waals surface area contributed by atoms with Crippen molar-refractivity contribution in [2.45, 2.75) is 52.7 Å². The molecular formula is C35H42N4O4S. The molecule has 2 saturated heterocycles. The number of hydrogen-bond acceptors (Lipinski definition) is 7. The van der Waals surface area contributed by atoms with Crippen molar-refractivity contribution >= 4 is 28.3 Å². The minimum atomic E-state index is -0.639. The van der Waals surface area contributed by atoms with Crippen LogP contribution >= 0.6 is 11.3 Å². The third kappa shape index (κ3) is 6.09. The summed E-state index contributed by atoms with van der Waals surface area (Å²) in [7, 11) is 0. The summed E-state index contributed by atoms with van der Waals surface area (Å²) in [5.41, 5.74) is 6.72. The van der Waals surface area contributed by atoms with Gasteiger partial charge < -0.3 is 19.6 Å². The van der Waals surface area contributed by atoms with Gasteiger partial charge in [-0.1, -0.05) is 29.8 Å². The fourth-order valence-electron chi connectivity index (χ4n) is 7.43. The molecule has 1 aromatic heterocycles. The number of fused-ring (bicyclic) bond motifs is 2. The molecule has 4 fully saturated rings. The Morgan fingerprint density at radius 3 is 2.41 bits per heavy atom. The first-order valence-corrected chi connectivity index (χ1v) is 17.0. The minimum Gasteiger partial charge on any atom is -0.488 e. The Kier molecular flexibility index (Phi) is 8.10. The van der Waals surface area contributed by atoms with Crippen LogP contribution in [-0.4, -0.2) is 71.0 Å². The number of rotatable bonds is 9. The van der Waals surface area contributed by atoms with Crippen LogP contribution in [0.15, 0.2) is 41.8 Å². The summed E-state index contributed by atoms with van der Waals surface area (Å²) < 4.78 is 6.44. The first-order valence-electron chi connectivity index (χ1n) is 16.1. The maximum absolute atomic E-state index is 12.4. The first-order chi connectivity index (χ1) is 21.3. The molecule has 3 heterocycles. The van der Waals surface area contributed by atoms with Crippen LogP contribution in [-0.2, 0) is 22.7 Å². The predicted octanol–water partition coefficient (Wildman–Crippen LogP) is 5.61. The van der Waals surface area contributed by atoms with E-state index >= 15 is 0 Å². The summed E-state index contributed by atoms with van der Waals surface area (Å²) in [6, 6.07) is 12.9. The molecule has 7 rings (SSSR count). The first kappa shape index (κ1) is 29.3. The van der Waals surface area contributed by atoms with Crippen molar-refractivity contribution in [1.82, 2.24) is 14.8 Å². The average molecular weight is 615 g/mol. The number of carbonyl (C=O) groups is 2. The number of amides is 1. The maximum Gasteiger partial charge on any atom is 0.307 e. The van der Waals surface area contributed by atoms with E-state index in [4.69, 9.17) is 9.72 Å². The van der Waals surface area contributed by atoms with Crippen molar-refractivity contribution in [3.63, 3.8) is 0 Å². The van der Waals surface area contributed by atoms with Crippen LogP contribution < -0.4 is 9.64 Å². The van der Waals surface area contributed by atoms with E-state index in [2.05, 4.69) is 64.3 Å². The van der Waals surface area contributed by atoms with Gasteiger partial charge in [-0.2, -0.15) is 0 Å². The van der Waals surface area contributed by atoms with Crippen molar-refractivity contribution in [2.75, 3.05) is 44.2 Å². The van der Waals surface area contributed by atoms with Gasteiger partial charge in [0.25, 0.3) is 0 Å². The van der Waals surface area contributed by atoms with Crippen molar-refractivity contribution < 1.29 is 19.4 Å². The number of hydrogen-bond donors (Lipinski definition) is 1. The summed E-state index contributed by atoms with van der Waals surface area (Å²) >= 11 is 1.63. The largest absolute Gasteiger partial charge is 0.488 e. The van der Waals surface area contributed by atoms with Gasteiger partial charge in [-0.3, -0.25) is 14.5 Å². The molecule has 1 N–H and O–H groups in total. The average Bonchev–Trinajstić information content (AvgIpc) is 3.68. The Balaban J connectivity index is 0.983. The van der Waals surface area contributed by atoms with Crippen LogP contribution in [0.25, 0.3) is 11.3 Å². The second kappa shape index (κ2) is 12.2. The number of ether oxygens (including phenoxy) is 1. The molecule has 1 unspecified atom stereocenters. The number of piperidine rings is 1. The van der Waals surface area contributed by atoms with Crippen molar-refractivity contribution in [3.8, 4) is 17.0 Å². The summed E-state index contributed by atoms with van der Waals surface area (Å²) in [4.78, 5) is 36.0. The molecule has 0 spiro atoms. The Labute approximate surface area is 263 Å². The van der Waals surface area contributed by atoms with Gasteiger partial charge in [-0.15, -0.1) is 11.3 Å². The number of nitrogens with zero attached hydrogens (tertiary/aromatic N) is 4. The van der Waals surface area contributed by atoms with Crippen LogP contribution in [0.2, 0.25) is 0 Å². The normalized spacial score (nSPS) is 23.6. The Bertz CT molecular complexity index is 1530. The summed E-state index contributed by atoms with van der Waals surface area (Å²) in [6.45, 7) is 10.7. The molecule has 44 heavy (non-hydrogen) atoms. The number of benzene rings is 2. The number of thiazole rings is 1. The maximum atomic E-state index is 12.4. The lowest BCUT2D eigenvalue weighted by Crippen LogP contribution is -2.48. The molecule has 9 heteroatoms. The summed E-state index contributed by atoms with van der Waals surface area (Å²) in [6.07, 6.45) is 4.13. The zero-order valence-corrected chi connectivity index (χ0v) is 26.5. The van der Waals surface area contributed by atoms with Gasteiger partial charge in [-0.05, 0) is 80.2 Å². The van der Waals surface area contributed by atoms with E-state index in [1.165, 1.54) is 11.1 Å². The molecule has 3 aromatic rings. The van der Waals surface area contributed by atoms with Gasteiger partial charge >= 0.3 is 5.97 Å². The lowest BCUT2D eigenvalue weighted by atomic mass is 9.85. The minimum absolute atomic E-state index is 0.207. The van der Waals surface area contributed by atoms with Crippen LogP contribution in [0.5, 0.6) is 5.75 Å². The summed E-state index contributed by atoms with van der Waals surface area (Å²) in [5.74, 6) is 1.05. The van der Waals surface area contributed by atoms with Crippen LogP contribution in [0.3, 0.4) is 0 Å². The molecule has 1 amide bonds. The van der Waals surface area contributed by atoms with Crippen LogP contribution in [0.4, 0.5) is 5.13 Å². The summed E-state index contributed by atoms with van der Waals surface area (Å²) in [5, 5.41) is 12.8. The van der Waals surface area contributed by atoms with E-state index in [0.717, 1.165) is 105 Å². The lowest BCUT2D eigenvalue weighted by Gasteiger charge is -2.35.